The highest BCUT2D eigenvalue weighted by Crippen LogP contribution is 2.28. The quantitative estimate of drug-likeness (QED) is 0.730. The molecule has 2 aliphatic rings. The van der Waals surface area contributed by atoms with E-state index < -0.39 is 0 Å². The first kappa shape index (κ1) is 17.3. The molecule has 5 rings (SSSR count). The van der Waals surface area contributed by atoms with Crippen LogP contribution in [0.25, 0.3) is 11.0 Å². The first-order valence-electron chi connectivity index (χ1n) is 10.4. The maximum absolute atomic E-state index is 12.5. The molecule has 5 nitrogen and oxygen atoms in total. The normalized spacial score (nSPS) is 17.5. The number of hydrogen-bond donors (Lipinski definition) is 1. The van der Waals surface area contributed by atoms with Crippen molar-refractivity contribution in [1.82, 2.24) is 9.55 Å². The second-order valence-electron chi connectivity index (χ2n) is 7.96. The summed E-state index contributed by atoms with van der Waals surface area (Å²) in [5.74, 6) is 1.47. The smallest absolute Gasteiger partial charge is 0.227 e. The molecule has 0 radical (unpaired) electrons. The van der Waals surface area contributed by atoms with Gasteiger partial charge in [0.25, 0.3) is 0 Å². The minimum absolute atomic E-state index is 0.173. The molecule has 3 aromatic rings. The lowest BCUT2D eigenvalue weighted by Gasteiger charge is -2.23. The molecule has 0 bridgehead atoms. The van der Waals surface area contributed by atoms with E-state index in [1.165, 1.54) is 18.4 Å². The van der Waals surface area contributed by atoms with Crippen molar-refractivity contribution in [2.24, 2.45) is 5.92 Å². The van der Waals surface area contributed by atoms with E-state index in [0.717, 1.165) is 61.6 Å². The van der Waals surface area contributed by atoms with Crippen molar-refractivity contribution in [2.75, 3.05) is 16.8 Å². The van der Waals surface area contributed by atoms with Gasteiger partial charge in [0.15, 0.2) is 0 Å². The molecule has 28 heavy (non-hydrogen) atoms. The van der Waals surface area contributed by atoms with Crippen LogP contribution >= 0.6 is 0 Å². The lowest BCUT2D eigenvalue weighted by Crippen LogP contribution is -2.24. The Kier molecular flexibility index (Phi) is 4.51. The maximum atomic E-state index is 12.5. The summed E-state index contributed by atoms with van der Waals surface area (Å²) >= 11 is 0. The summed E-state index contributed by atoms with van der Waals surface area (Å²) in [4.78, 5) is 19.7. The molecular weight excluding hydrogens is 348 g/mol. The van der Waals surface area contributed by atoms with Crippen molar-refractivity contribution in [3.05, 3.63) is 54.4 Å². The fraction of sp³-hybridized carbons (Fsp3) is 0.391. The summed E-state index contributed by atoms with van der Waals surface area (Å²) in [5.41, 5.74) is 4.32. The molecule has 1 saturated carbocycles. The third-order valence-corrected chi connectivity index (χ3v) is 6.08. The number of anilines is 2. The van der Waals surface area contributed by atoms with E-state index in [0.29, 0.717) is 0 Å². The third-order valence-electron chi connectivity index (χ3n) is 6.08. The minimum Gasteiger partial charge on any atom is -0.364 e. The number of hydrogen-bond acceptors (Lipinski definition) is 3. The monoisotopic (exact) mass is 374 g/mol. The Morgan fingerprint density at radius 1 is 1.00 bits per heavy atom. The Bertz CT molecular complexity index is 1000. The number of benzene rings is 2. The Morgan fingerprint density at radius 3 is 2.75 bits per heavy atom. The van der Waals surface area contributed by atoms with Gasteiger partial charge >= 0.3 is 0 Å². The number of aromatic nitrogens is 2. The Balaban J connectivity index is 1.37. The summed E-state index contributed by atoms with van der Waals surface area (Å²) in [6.07, 6.45) is 5.47. The summed E-state index contributed by atoms with van der Waals surface area (Å²) < 4.78 is 2.35. The lowest BCUT2D eigenvalue weighted by atomic mass is 10.1. The van der Waals surface area contributed by atoms with E-state index in [2.05, 4.69) is 45.1 Å². The molecule has 1 aliphatic heterocycles. The van der Waals surface area contributed by atoms with Crippen LogP contribution in [0, 0.1) is 5.92 Å². The topological polar surface area (TPSA) is 50.2 Å². The van der Waals surface area contributed by atoms with Crippen molar-refractivity contribution in [3.63, 3.8) is 0 Å². The van der Waals surface area contributed by atoms with Gasteiger partial charge < -0.3 is 14.8 Å². The number of nitrogens with one attached hydrogen (secondary N) is 1. The fourth-order valence-electron chi connectivity index (χ4n) is 4.60. The van der Waals surface area contributed by atoms with E-state index in [9.17, 15) is 4.79 Å². The highest BCUT2D eigenvalue weighted by atomic mass is 16.1. The number of aryl methyl sites for hydroxylation is 1. The average molecular weight is 374 g/mol. The van der Waals surface area contributed by atoms with Gasteiger partial charge in [-0.05, 0) is 49.6 Å². The van der Waals surface area contributed by atoms with Crippen molar-refractivity contribution >= 4 is 28.3 Å². The Hall–Kier alpha value is -2.82. The summed E-state index contributed by atoms with van der Waals surface area (Å²) in [6.45, 7) is 2.76. The number of fused-ring (bicyclic) bond motifs is 3. The van der Waals surface area contributed by atoms with Crippen LogP contribution in [0.3, 0.4) is 0 Å². The molecule has 5 heteroatoms. The lowest BCUT2D eigenvalue weighted by molar-refractivity contribution is -0.119. The summed E-state index contributed by atoms with van der Waals surface area (Å²) in [7, 11) is 0. The fourth-order valence-corrected chi connectivity index (χ4v) is 4.60. The van der Waals surface area contributed by atoms with Gasteiger partial charge in [-0.3, -0.25) is 4.79 Å². The van der Waals surface area contributed by atoms with E-state index in [4.69, 9.17) is 4.98 Å². The first-order chi connectivity index (χ1) is 13.8. The maximum Gasteiger partial charge on any atom is 0.227 e. The minimum atomic E-state index is 0.173. The van der Waals surface area contributed by atoms with Gasteiger partial charge in [-0.1, -0.05) is 31.0 Å². The third kappa shape index (κ3) is 3.26. The van der Waals surface area contributed by atoms with Crippen molar-refractivity contribution in [2.45, 2.75) is 45.2 Å². The molecule has 2 aromatic carbocycles. The van der Waals surface area contributed by atoms with Crippen LogP contribution in [0.4, 0.5) is 11.4 Å². The molecule has 1 amide bonds. The molecule has 1 fully saturated rings. The number of rotatable bonds is 3. The molecule has 1 N–H and O–H groups in total. The molecule has 0 atom stereocenters. The van der Waals surface area contributed by atoms with Gasteiger partial charge in [0.05, 0.1) is 17.6 Å². The van der Waals surface area contributed by atoms with Gasteiger partial charge in [0.2, 0.25) is 5.91 Å². The highest BCUT2D eigenvalue weighted by molar-refractivity contribution is 5.93. The molecule has 0 spiro atoms. The van der Waals surface area contributed by atoms with Crippen LogP contribution in [-0.4, -0.2) is 22.0 Å². The zero-order valence-electron chi connectivity index (χ0n) is 16.1. The standard InChI is InChI=1S/C23H26N4O/c28-23(17-7-1-2-8-17)24-18-9-5-10-19(15-18)26-13-6-14-27-21-12-4-3-11-20(21)25-22(27)16-26/h3-5,9-12,15,17H,1-2,6-8,13-14,16H2,(H,24,28). The number of nitrogens with zero attached hydrogens (tertiary/aromatic N) is 3. The molecule has 1 aliphatic carbocycles. The second-order valence-corrected chi connectivity index (χ2v) is 7.96. The highest BCUT2D eigenvalue weighted by Gasteiger charge is 2.23. The van der Waals surface area contributed by atoms with Gasteiger partial charge in [0, 0.05) is 30.4 Å². The largest absolute Gasteiger partial charge is 0.364 e. The van der Waals surface area contributed by atoms with Crippen LogP contribution in [0.1, 0.15) is 37.9 Å². The van der Waals surface area contributed by atoms with Crippen LogP contribution in [0.15, 0.2) is 48.5 Å². The second kappa shape index (κ2) is 7.30. The Labute approximate surface area is 165 Å². The van der Waals surface area contributed by atoms with E-state index in [1.807, 2.05) is 18.2 Å². The van der Waals surface area contributed by atoms with Crippen LogP contribution < -0.4 is 10.2 Å². The molecule has 2 heterocycles. The zero-order valence-corrected chi connectivity index (χ0v) is 16.1. The predicted octanol–water partition coefficient (Wildman–Crippen LogP) is 4.58. The van der Waals surface area contributed by atoms with Gasteiger partial charge in [0.1, 0.15) is 5.82 Å². The van der Waals surface area contributed by atoms with Crippen molar-refractivity contribution in [3.8, 4) is 0 Å². The first-order valence-corrected chi connectivity index (χ1v) is 10.4. The van der Waals surface area contributed by atoms with Crippen molar-refractivity contribution in [1.29, 1.82) is 0 Å². The predicted molar refractivity (Wildman–Crippen MR) is 112 cm³/mol. The van der Waals surface area contributed by atoms with E-state index in [-0.39, 0.29) is 11.8 Å². The summed E-state index contributed by atoms with van der Waals surface area (Å²) in [6, 6.07) is 16.6. The molecule has 1 aromatic heterocycles. The number of carbonyl (C=O) groups excluding carboxylic acids is 1. The molecular formula is C23H26N4O. The van der Waals surface area contributed by atoms with Gasteiger partial charge in [-0.25, -0.2) is 4.98 Å². The molecule has 0 saturated heterocycles. The van der Waals surface area contributed by atoms with Gasteiger partial charge in [-0.2, -0.15) is 0 Å². The van der Waals surface area contributed by atoms with E-state index in [1.54, 1.807) is 0 Å². The Morgan fingerprint density at radius 2 is 1.86 bits per heavy atom. The number of para-hydroxylation sites is 2. The van der Waals surface area contributed by atoms with Crippen LogP contribution in [0.5, 0.6) is 0 Å². The average Bonchev–Trinajstić information content (AvgIpc) is 3.32. The van der Waals surface area contributed by atoms with Crippen LogP contribution in [0.2, 0.25) is 0 Å². The number of carbonyl (C=O) groups is 1. The number of amides is 1. The van der Waals surface area contributed by atoms with E-state index >= 15 is 0 Å². The number of imidazole rings is 1. The SMILES string of the molecule is O=C(Nc1cccc(N2CCCn3c(nc4ccccc43)C2)c1)C1CCCC1. The van der Waals surface area contributed by atoms with Gasteiger partial charge in [-0.15, -0.1) is 0 Å². The summed E-state index contributed by atoms with van der Waals surface area (Å²) in [5, 5.41) is 3.13. The zero-order chi connectivity index (χ0) is 18.9. The molecule has 0 unspecified atom stereocenters. The van der Waals surface area contributed by atoms with Crippen LogP contribution in [-0.2, 0) is 17.9 Å². The molecule has 144 valence electrons. The van der Waals surface area contributed by atoms with Crippen molar-refractivity contribution < 1.29 is 4.79 Å².